The molecule has 0 saturated carbocycles. The Bertz CT molecular complexity index is 1640. The van der Waals surface area contributed by atoms with Gasteiger partial charge < -0.3 is 22.1 Å². The first kappa shape index (κ1) is 37.3. The highest BCUT2D eigenvalue weighted by atomic mass is 16.2. The van der Waals surface area contributed by atoms with Gasteiger partial charge in [0, 0.05) is 37.5 Å². The molecule has 0 heterocycles. The molecule has 0 spiro atoms. The predicted octanol–water partition coefficient (Wildman–Crippen LogP) is 2.74. The fourth-order valence-electron chi connectivity index (χ4n) is 5.46. The molecule has 3 aromatic rings. The summed E-state index contributed by atoms with van der Waals surface area (Å²) in [5, 5.41) is 6.95. The van der Waals surface area contributed by atoms with E-state index in [2.05, 4.69) is 10.6 Å². The summed E-state index contributed by atoms with van der Waals surface area (Å²) in [6, 6.07) is 21.2. The zero-order valence-corrected chi connectivity index (χ0v) is 27.4. The van der Waals surface area contributed by atoms with Gasteiger partial charge in [-0.05, 0) is 40.7 Å². The number of ketones is 3. The van der Waals surface area contributed by atoms with Crippen molar-refractivity contribution in [2.75, 3.05) is 6.54 Å². The van der Waals surface area contributed by atoms with Gasteiger partial charge in [-0.1, -0.05) is 93.1 Å². The van der Waals surface area contributed by atoms with Crippen LogP contribution in [0, 0.1) is 17.8 Å². The normalized spacial score (nSPS) is 13.5. The zero-order valence-electron chi connectivity index (χ0n) is 27.4. The summed E-state index contributed by atoms with van der Waals surface area (Å²) in [5.41, 5.74) is 12.5. The van der Waals surface area contributed by atoms with Crippen LogP contribution in [0.2, 0.25) is 0 Å². The van der Waals surface area contributed by atoms with Gasteiger partial charge in [0.05, 0.1) is 12.6 Å². The summed E-state index contributed by atoms with van der Waals surface area (Å²) in [6.45, 7) is 2.96. The SMILES string of the molecule is CCC(C)C(NC(=O)C(CCC(N)=O)CC(=O)Cc1ccccc1)C(=O)C(=O)NCC(=O)CC(Cc1ccc2ccccc2c1)C(N)=O. The second-order valence-corrected chi connectivity index (χ2v) is 12.3. The van der Waals surface area contributed by atoms with Crippen molar-refractivity contribution >= 4 is 51.8 Å². The molecule has 4 amide bonds. The van der Waals surface area contributed by atoms with Gasteiger partial charge in [0.15, 0.2) is 5.78 Å². The van der Waals surface area contributed by atoms with E-state index in [0.717, 1.165) is 21.9 Å². The Morgan fingerprint density at radius 2 is 1.40 bits per heavy atom. The van der Waals surface area contributed by atoms with Crippen LogP contribution in [0.25, 0.3) is 10.8 Å². The second kappa shape index (κ2) is 18.2. The third-order valence-corrected chi connectivity index (χ3v) is 8.46. The van der Waals surface area contributed by atoms with Crippen LogP contribution < -0.4 is 22.1 Å². The number of amides is 4. The van der Waals surface area contributed by atoms with E-state index < -0.39 is 65.5 Å². The Hall–Kier alpha value is -5.19. The maximum atomic E-state index is 13.4. The van der Waals surface area contributed by atoms with Crippen LogP contribution in [-0.2, 0) is 46.4 Å². The zero-order chi connectivity index (χ0) is 35.2. The summed E-state index contributed by atoms with van der Waals surface area (Å²) in [6.07, 6.45) is 0.169. The monoisotopic (exact) mass is 656 g/mol. The van der Waals surface area contributed by atoms with Gasteiger partial charge >= 0.3 is 0 Å². The lowest BCUT2D eigenvalue weighted by Gasteiger charge is -2.25. The smallest absolute Gasteiger partial charge is 0.289 e. The molecule has 0 bridgehead atoms. The van der Waals surface area contributed by atoms with Crippen molar-refractivity contribution in [3.63, 3.8) is 0 Å². The highest BCUT2D eigenvalue weighted by Gasteiger charge is 2.34. The van der Waals surface area contributed by atoms with Crippen LogP contribution in [-0.4, -0.2) is 53.6 Å². The van der Waals surface area contributed by atoms with E-state index in [1.165, 1.54) is 0 Å². The molecule has 4 atom stereocenters. The van der Waals surface area contributed by atoms with E-state index in [0.29, 0.717) is 6.42 Å². The number of primary amides is 2. The predicted molar refractivity (Wildman–Crippen MR) is 181 cm³/mol. The largest absolute Gasteiger partial charge is 0.370 e. The molecular weight excluding hydrogens is 612 g/mol. The minimum atomic E-state index is -1.25. The molecule has 0 aliphatic rings. The van der Waals surface area contributed by atoms with E-state index in [9.17, 15) is 33.6 Å². The minimum Gasteiger partial charge on any atom is -0.370 e. The topological polar surface area (TPSA) is 196 Å². The number of fused-ring (bicyclic) bond motifs is 1. The lowest BCUT2D eigenvalue weighted by molar-refractivity contribution is -0.142. The molecule has 254 valence electrons. The van der Waals surface area contributed by atoms with Gasteiger partial charge in [-0.3, -0.25) is 33.6 Å². The average molecular weight is 657 g/mol. The van der Waals surface area contributed by atoms with Crippen LogP contribution in [0.15, 0.2) is 72.8 Å². The molecule has 0 saturated heterocycles. The van der Waals surface area contributed by atoms with Crippen LogP contribution in [0.1, 0.15) is 57.1 Å². The van der Waals surface area contributed by atoms with Crippen molar-refractivity contribution in [3.05, 3.63) is 83.9 Å². The van der Waals surface area contributed by atoms with Crippen LogP contribution in [0.3, 0.4) is 0 Å². The fraction of sp³-hybridized carbons (Fsp3) is 0.378. The fourth-order valence-corrected chi connectivity index (χ4v) is 5.46. The number of benzene rings is 3. The van der Waals surface area contributed by atoms with Crippen LogP contribution >= 0.6 is 0 Å². The third-order valence-electron chi connectivity index (χ3n) is 8.46. The van der Waals surface area contributed by atoms with Gasteiger partial charge in [-0.2, -0.15) is 0 Å². The van der Waals surface area contributed by atoms with Crippen molar-refractivity contribution in [2.24, 2.45) is 29.2 Å². The van der Waals surface area contributed by atoms with Gasteiger partial charge in [-0.25, -0.2) is 0 Å². The Kier molecular flexibility index (Phi) is 14.2. The van der Waals surface area contributed by atoms with E-state index in [4.69, 9.17) is 11.5 Å². The van der Waals surface area contributed by atoms with E-state index in [-0.39, 0.29) is 44.3 Å². The van der Waals surface area contributed by atoms with Gasteiger partial charge in [0.1, 0.15) is 5.78 Å². The summed E-state index contributed by atoms with van der Waals surface area (Å²) >= 11 is 0. The Balaban J connectivity index is 1.61. The first-order chi connectivity index (χ1) is 22.9. The number of nitrogens with two attached hydrogens (primary N) is 2. The molecule has 6 N–H and O–H groups in total. The number of Topliss-reactive ketones (excluding diaryl/α,β-unsaturated/α-hetero) is 3. The average Bonchev–Trinajstić information content (AvgIpc) is 3.07. The van der Waals surface area contributed by atoms with Crippen molar-refractivity contribution < 1.29 is 33.6 Å². The molecule has 0 fully saturated rings. The van der Waals surface area contributed by atoms with Crippen LogP contribution in [0.5, 0.6) is 0 Å². The van der Waals surface area contributed by atoms with Crippen molar-refractivity contribution in [1.29, 1.82) is 0 Å². The first-order valence-corrected chi connectivity index (χ1v) is 16.1. The molecule has 4 unspecified atom stereocenters. The third kappa shape index (κ3) is 11.6. The summed E-state index contributed by atoms with van der Waals surface area (Å²) in [7, 11) is 0. The molecule has 3 rings (SSSR count). The number of carbonyl (C=O) groups excluding carboxylic acids is 7. The quantitative estimate of drug-likeness (QED) is 0.134. The second-order valence-electron chi connectivity index (χ2n) is 12.3. The van der Waals surface area contributed by atoms with Crippen LogP contribution in [0.4, 0.5) is 0 Å². The summed E-state index contributed by atoms with van der Waals surface area (Å²) in [5.74, 6) is -6.96. The number of carbonyl (C=O) groups is 7. The van der Waals surface area contributed by atoms with Gasteiger partial charge in [0.2, 0.25) is 23.5 Å². The standard InChI is InChI=1S/C37H44N4O7/c1-3-23(2)33(41-36(47)28(15-16-32(38)44)20-30(42)19-24-9-5-4-6-10-24)34(45)37(48)40-22-31(43)21-29(35(39)46)18-25-13-14-26-11-7-8-12-27(26)17-25/h4-14,17,23,28-29,33H,3,15-16,18-22H2,1-2H3,(H2,38,44)(H2,39,46)(H,40,48)(H,41,47). The molecule has 11 nitrogen and oxygen atoms in total. The molecule has 3 aromatic carbocycles. The summed E-state index contributed by atoms with van der Waals surface area (Å²) in [4.78, 5) is 88.9. The Morgan fingerprint density at radius 1 is 0.750 bits per heavy atom. The maximum Gasteiger partial charge on any atom is 0.289 e. The van der Waals surface area contributed by atoms with Gasteiger partial charge in [0.25, 0.3) is 5.91 Å². The van der Waals surface area contributed by atoms with E-state index in [1.807, 2.05) is 48.5 Å². The Morgan fingerprint density at radius 3 is 2.04 bits per heavy atom. The van der Waals surface area contributed by atoms with Crippen molar-refractivity contribution in [1.82, 2.24) is 10.6 Å². The number of hydrogen-bond acceptors (Lipinski definition) is 7. The number of hydrogen-bond donors (Lipinski definition) is 4. The maximum absolute atomic E-state index is 13.4. The lowest BCUT2D eigenvalue weighted by Crippen LogP contribution is -2.52. The number of rotatable bonds is 20. The molecule has 0 aliphatic carbocycles. The van der Waals surface area contributed by atoms with Gasteiger partial charge in [-0.15, -0.1) is 0 Å². The molecule has 0 radical (unpaired) electrons. The van der Waals surface area contributed by atoms with E-state index in [1.54, 1.807) is 38.1 Å². The van der Waals surface area contributed by atoms with E-state index >= 15 is 0 Å². The summed E-state index contributed by atoms with van der Waals surface area (Å²) < 4.78 is 0. The molecule has 0 aliphatic heterocycles. The minimum absolute atomic E-state index is 0.00987. The highest BCUT2D eigenvalue weighted by molar-refractivity contribution is 6.38. The molecule has 48 heavy (non-hydrogen) atoms. The number of nitrogens with one attached hydrogen (secondary N) is 2. The van der Waals surface area contributed by atoms with Crippen molar-refractivity contribution in [2.45, 2.75) is 64.8 Å². The highest BCUT2D eigenvalue weighted by Crippen LogP contribution is 2.20. The van der Waals surface area contributed by atoms with Crippen molar-refractivity contribution in [3.8, 4) is 0 Å². The lowest BCUT2D eigenvalue weighted by atomic mass is 9.90. The molecule has 0 aromatic heterocycles. The Labute approximate surface area is 280 Å². The first-order valence-electron chi connectivity index (χ1n) is 16.1. The molecular formula is C37H44N4O7. The molecule has 11 heteroatoms.